The van der Waals surface area contributed by atoms with Gasteiger partial charge in [-0.3, -0.25) is 4.98 Å². The Balaban J connectivity index is 1.94. The molecule has 108 valence electrons. The average Bonchev–Trinajstić information content (AvgIpc) is 2.37. The molecule has 0 amide bonds. The van der Waals surface area contributed by atoms with Crippen molar-refractivity contribution in [2.75, 3.05) is 17.8 Å². The number of thioether (sulfide) groups is 1. The number of nitrogens with zero attached hydrogens (tertiary/aromatic N) is 1. The molecule has 1 heterocycles. The molecule has 0 aliphatic heterocycles. The summed E-state index contributed by atoms with van der Waals surface area (Å²) >= 11 is 1.68. The smallest absolute Gasteiger partial charge is 0.148 e. The zero-order valence-corrected chi connectivity index (χ0v) is 13.4. The van der Waals surface area contributed by atoms with Crippen molar-refractivity contribution in [3.8, 4) is 0 Å². The van der Waals surface area contributed by atoms with Gasteiger partial charge in [-0.1, -0.05) is 31.2 Å². The maximum absolute atomic E-state index is 11.1. The highest BCUT2D eigenvalue weighted by Crippen LogP contribution is 2.18. The van der Waals surface area contributed by atoms with Crippen LogP contribution in [-0.2, 0) is 16.3 Å². The van der Waals surface area contributed by atoms with Crippen LogP contribution < -0.4 is 0 Å². The molecule has 1 aromatic heterocycles. The molecular weight excluding hydrogens is 290 g/mol. The van der Waals surface area contributed by atoms with E-state index in [0.29, 0.717) is 11.0 Å². The molecule has 0 saturated carbocycles. The van der Waals surface area contributed by atoms with E-state index in [0.717, 1.165) is 23.0 Å². The van der Waals surface area contributed by atoms with Crippen LogP contribution in [0.3, 0.4) is 0 Å². The Morgan fingerprint density at radius 2 is 1.95 bits per heavy atom. The Morgan fingerprint density at radius 3 is 2.70 bits per heavy atom. The number of hydrogen-bond donors (Lipinski definition) is 0. The lowest BCUT2D eigenvalue weighted by atomic mass is 10.1. The average molecular weight is 309 g/mol. The molecule has 0 unspecified atom stereocenters. The first-order valence-electron chi connectivity index (χ1n) is 6.58. The minimum atomic E-state index is -2.86. The Morgan fingerprint density at radius 1 is 1.20 bits per heavy atom. The van der Waals surface area contributed by atoms with Crippen molar-refractivity contribution in [3.63, 3.8) is 0 Å². The molecule has 5 heteroatoms. The van der Waals surface area contributed by atoms with Gasteiger partial charge >= 0.3 is 0 Å². The molecule has 0 bridgehead atoms. The molecule has 3 nitrogen and oxygen atoms in total. The normalized spacial score (nSPS) is 13.5. The Kier molecular flexibility index (Phi) is 5.05. The van der Waals surface area contributed by atoms with Gasteiger partial charge in [0.25, 0.3) is 0 Å². The standard InChI is InChI=1S/C15H19NO2S2/c1-12(19-9-10-20(2,17)18)11-14-8-7-13-5-3-4-6-15(13)16-14/h3-8,12H,9-11H2,1-2H3/t12-/m1/s1. The quantitative estimate of drug-likeness (QED) is 0.823. The second kappa shape index (κ2) is 6.59. The summed E-state index contributed by atoms with van der Waals surface area (Å²) in [6.45, 7) is 2.11. The Hall–Kier alpha value is -1.07. The van der Waals surface area contributed by atoms with E-state index in [4.69, 9.17) is 0 Å². The molecule has 20 heavy (non-hydrogen) atoms. The molecule has 0 N–H and O–H groups in total. The van der Waals surface area contributed by atoms with Crippen LogP contribution in [0.2, 0.25) is 0 Å². The minimum absolute atomic E-state index is 0.243. The number of pyridine rings is 1. The zero-order chi connectivity index (χ0) is 14.6. The minimum Gasteiger partial charge on any atom is -0.253 e. The van der Waals surface area contributed by atoms with E-state index >= 15 is 0 Å². The van der Waals surface area contributed by atoms with E-state index in [2.05, 4.69) is 30.1 Å². The number of sulfone groups is 1. The third-order valence-electron chi connectivity index (χ3n) is 3.01. The number of fused-ring (bicyclic) bond motifs is 1. The summed E-state index contributed by atoms with van der Waals surface area (Å²) in [5.74, 6) is 0.890. The van der Waals surface area contributed by atoms with Crippen LogP contribution >= 0.6 is 11.8 Å². The van der Waals surface area contributed by atoms with Crippen LogP contribution in [0.5, 0.6) is 0 Å². The molecule has 0 radical (unpaired) electrons. The van der Waals surface area contributed by atoms with Gasteiger partial charge in [-0.15, -0.1) is 0 Å². The van der Waals surface area contributed by atoms with Gasteiger partial charge in [0.15, 0.2) is 0 Å². The fraction of sp³-hybridized carbons (Fsp3) is 0.400. The molecule has 0 aliphatic rings. The van der Waals surface area contributed by atoms with Crippen molar-refractivity contribution in [1.29, 1.82) is 0 Å². The summed E-state index contributed by atoms with van der Waals surface area (Å²) in [5, 5.41) is 1.51. The molecule has 0 aliphatic carbocycles. The van der Waals surface area contributed by atoms with Crippen LogP contribution in [-0.4, -0.2) is 36.4 Å². The summed E-state index contributed by atoms with van der Waals surface area (Å²) in [4.78, 5) is 4.64. The van der Waals surface area contributed by atoms with E-state index in [1.165, 1.54) is 6.26 Å². The van der Waals surface area contributed by atoms with Crippen LogP contribution in [0.15, 0.2) is 36.4 Å². The summed E-state index contributed by atoms with van der Waals surface area (Å²) in [6, 6.07) is 12.2. The largest absolute Gasteiger partial charge is 0.253 e. The number of aromatic nitrogens is 1. The van der Waals surface area contributed by atoms with E-state index in [9.17, 15) is 8.42 Å². The van der Waals surface area contributed by atoms with Crippen molar-refractivity contribution in [1.82, 2.24) is 4.98 Å². The van der Waals surface area contributed by atoms with Crippen molar-refractivity contribution in [2.24, 2.45) is 0 Å². The maximum atomic E-state index is 11.1. The molecule has 0 spiro atoms. The molecule has 2 aromatic rings. The SMILES string of the molecule is C[C@H](Cc1ccc2ccccc2n1)SCCS(C)(=O)=O. The summed E-state index contributed by atoms with van der Waals surface area (Å²) in [5.41, 5.74) is 2.07. The van der Waals surface area contributed by atoms with Gasteiger partial charge < -0.3 is 0 Å². The second-order valence-electron chi connectivity index (χ2n) is 5.01. The summed E-state index contributed by atoms with van der Waals surface area (Å²) in [7, 11) is -2.86. The van der Waals surface area contributed by atoms with Crippen molar-refractivity contribution in [3.05, 3.63) is 42.1 Å². The highest BCUT2D eigenvalue weighted by atomic mass is 32.2. The third-order valence-corrected chi connectivity index (χ3v) is 5.39. The zero-order valence-electron chi connectivity index (χ0n) is 11.7. The second-order valence-corrected chi connectivity index (χ2v) is 8.82. The van der Waals surface area contributed by atoms with Gasteiger partial charge in [0, 0.05) is 34.8 Å². The lowest BCUT2D eigenvalue weighted by Gasteiger charge is -2.10. The third kappa shape index (κ3) is 4.80. The van der Waals surface area contributed by atoms with E-state index in [-0.39, 0.29) is 5.75 Å². The van der Waals surface area contributed by atoms with Crippen LogP contribution in [0.25, 0.3) is 10.9 Å². The first kappa shape index (κ1) is 15.3. The summed E-state index contributed by atoms with van der Waals surface area (Å²) < 4.78 is 22.2. The van der Waals surface area contributed by atoms with Crippen molar-refractivity contribution >= 4 is 32.5 Å². The van der Waals surface area contributed by atoms with Crippen molar-refractivity contribution < 1.29 is 8.42 Å². The Labute approximate surface area is 124 Å². The number of hydrogen-bond acceptors (Lipinski definition) is 4. The topological polar surface area (TPSA) is 47.0 Å². The van der Waals surface area contributed by atoms with E-state index < -0.39 is 9.84 Å². The van der Waals surface area contributed by atoms with Crippen molar-refractivity contribution in [2.45, 2.75) is 18.6 Å². The van der Waals surface area contributed by atoms with Gasteiger partial charge in [-0.2, -0.15) is 11.8 Å². The molecule has 1 atom stereocenters. The molecule has 2 rings (SSSR count). The van der Waals surface area contributed by atoms with Gasteiger partial charge in [0.05, 0.1) is 11.3 Å². The first-order chi connectivity index (χ1) is 9.44. The van der Waals surface area contributed by atoms with E-state index in [1.54, 1.807) is 11.8 Å². The fourth-order valence-corrected chi connectivity index (χ4v) is 4.26. The number of benzene rings is 1. The fourth-order valence-electron chi connectivity index (χ4n) is 1.98. The summed E-state index contributed by atoms with van der Waals surface area (Å²) in [6.07, 6.45) is 2.14. The molecule has 0 fully saturated rings. The van der Waals surface area contributed by atoms with Gasteiger partial charge in [-0.25, -0.2) is 8.42 Å². The van der Waals surface area contributed by atoms with Gasteiger partial charge in [0.1, 0.15) is 9.84 Å². The molecular formula is C15H19NO2S2. The maximum Gasteiger partial charge on any atom is 0.148 e. The monoisotopic (exact) mass is 309 g/mol. The van der Waals surface area contributed by atoms with Crippen LogP contribution in [0, 0.1) is 0 Å². The number of para-hydroxylation sites is 1. The predicted molar refractivity (Wildman–Crippen MR) is 87.1 cm³/mol. The highest BCUT2D eigenvalue weighted by Gasteiger charge is 2.08. The van der Waals surface area contributed by atoms with Crippen LogP contribution in [0.4, 0.5) is 0 Å². The lowest BCUT2D eigenvalue weighted by molar-refractivity contribution is 0.603. The highest BCUT2D eigenvalue weighted by molar-refractivity contribution is 8.01. The van der Waals surface area contributed by atoms with Gasteiger partial charge in [-0.05, 0) is 12.1 Å². The lowest BCUT2D eigenvalue weighted by Crippen LogP contribution is -2.10. The predicted octanol–water partition coefficient (Wildman–Crippen LogP) is 2.94. The molecule has 1 aromatic carbocycles. The molecule has 0 saturated heterocycles. The van der Waals surface area contributed by atoms with Gasteiger partial charge in [0.2, 0.25) is 0 Å². The first-order valence-corrected chi connectivity index (χ1v) is 9.69. The number of rotatable bonds is 6. The Bertz CT molecular complexity index is 683. The van der Waals surface area contributed by atoms with Crippen LogP contribution in [0.1, 0.15) is 12.6 Å². The van der Waals surface area contributed by atoms with E-state index in [1.807, 2.05) is 18.2 Å².